The van der Waals surface area contributed by atoms with Crippen molar-refractivity contribution in [3.05, 3.63) is 109 Å². The van der Waals surface area contributed by atoms with Crippen molar-refractivity contribution in [3.8, 4) is 51.0 Å². The van der Waals surface area contributed by atoms with E-state index in [0.29, 0.717) is 56.1 Å². The molecule has 12 rings (SSSR count). The molecule has 0 spiro atoms. The molecule has 0 fully saturated rings. The van der Waals surface area contributed by atoms with Gasteiger partial charge in [-0.3, -0.25) is 0 Å². The van der Waals surface area contributed by atoms with Crippen LogP contribution in [0.1, 0.15) is 0 Å². The molecule has 0 saturated carbocycles. The molecule has 18 heteroatoms. The molecule has 0 unspecified atom stereocenters. The fourth-order valence-corrected chi connectivity index (χ4v) is 10.7. The molecule has 0 aliphatic rings. The Labute approximate surface area is 416 Å². The van der Waals surface area contributed by atoms with Gasteiger partial charge in [0.2, 0.25) is 0 Å². The second kappa shape index (κ2) is 16.0. The second-order valence-electron chi connectivity index (χ2n) is 17.0. The molecule has 0 atom stereocenters. The highest BCUT2D eigenvalue weighted by Gasteiger charge is 2.26. The average molecular weight is 865 g/mol. The van der Waals surface area contributed by atoms with Crippen LogP contribution in [0.25, 0.3) is 115 Å². The molecule has 0 bridgehead atoms. The van der Waals surface area contributed by atoms with E-state index in [1.54, 1.807) is 15.9 Å². The van der Waals surface area contributed by atoms with Gasteiger partial charge in [0.1, 0.15) is 105 Å². The van der Waals surface area contributed by atoms with Gasteiger partial charge in [0.15, 0.2) is 17.5 Å². The van der Waals surface area contributed by atoms with E-state index in [0.717, 1.165) is 32.8 Å². The Morgan fingerprint density at radius 3 is 1.54 bits per heavy atom. The molecule has 12 aromatic rings. The summed E-state index contributed by atoms with van der Waals surface area (Å²) < 4.78 is 10.9. The van der Waals surface area contributed by atoms with Crippen molar-refractivity contribution in [2.75, 3.05) is 0 Å². The zero-order chi connectivity index (χ0) is 47.9. The molecule has 0 amide bonds. The Morgan fingerprint density at radius 1 is 0.362 bits per heavy atom. The number of furan rings is 1. The number of aromatic nitrogens is 4. The van der Waals surface area contributed by atoms with Crippen LogP contribution < -0.4 is 65.6 Å². The molecule has 5 nitrogen and oxygen atoms in total. The predicted molar refractivity (Wildman–Crippen MR) is 301 cm³/mol. The van der Waals surface area contributed by atoms with Gasteiger partial charge in [-0.25, -0.2) is 15.0 Å². The molecular formula is C51H18B12N4OS. The number of benzene rings is 8. The smallest absolute Gasteiger partial charge is 0.164 e. The Hall–Kier alpha value is -6.63. The number of hydrogen-bond acceptors (Lipinski definition) is 5. The average Bonchev–Trinajstić information content (AvgIpc) is 4.06. The summed E-state index contributed by atoms with van der Waals surface area (Å²) in [5.41, 5.74) is 5.72. The highest BCUT2D eigenvalue weighted by molar-refractivity contribution is 7.25. The lowest BCUT2D eigenvalue weighted by molar-refractivity contribution is 0.668. The number of fused-ring (bicyclic) bond motifs is 9. The fraction of sp³-hybridized carbons (Fsp3) is 0. The first kappa shape index (κ1) is 43.6. The van der Waals surface area contributed by atoms with Crippen molar-refractivity contribution in [1.29, 1.82) is 0 Å². The van der Waals surface area contributed by atoms with Crippen molar-refractivity contribution < 1.29 is 4.42 Å². The van der Waals surface area contributed by atoms with Crippen LogP contribution in [-0.4, -0.2) is 114 Å². The highest BCUT2D eigenvalue weighted by atomic mass is 32.1. The Morgan fingerprint density at radius 2 is 0.841 bits per heavy atom. The molecule has 4 aromatic heterocycles. The molecule has 69 heavy (non-hydrogen) atoms. The van der Waals surface area contributed by atoms with E-state index < -0.39 is 0 Å². The van der Waals surface area contributed by atoms with Gasteiger partial charge in [-0.1, -0.05) is 92.8 Å². The molecule has 0 aliphatic carbocycles. The van der Waals surface area contributed by atoms with E-state index in [-0.39, 0.29) is 76.7 Å². The summed E-state index contributed by atoms with van der Waals surface area (Å²) in [6.07, 6.45) is 0. The quantitative estimate of drug-likeness (QED) is 0.218. The zero-order valence-corrected chi connectivity index (χ0v) is 37.2. The number of nitrogens with zero attached hydrogens (tertiary/aromatic N) is 4. The van der Waals surface area contributed by atoms with Crippen LogP contribution in [-0.2, 0) is 0 Å². The van der Waals surface area contributed by atoms with E-state index in [9.17, 15) is 0 Å². The molecule has 24 radical (unpaired) electrons. The van der Waals surface area contributed by atoms with Crippen molar-refractivity contribution in [2.24, 2.45) is 0 Å². The second-order valence-corrected chi connectivity index (χ2v) is 18.1. The summed E-state index contributed by atoms with van der Waals surface area (Å²) in [5, 5.41) is 4.72. The van der Waals surface area contributed by atoms with E-state index in [2.05, 4.69) is 42.5 Å². The van der Waals surface area contributed by atoms with Crippen LogP contribution in [0.5, 0.6) is 0 Å². The number of thiophene rings is 1. The summed E-state index contributed by atoms with van der Waals surface area (Å²) >= 11 is 1.75. The first-order valence-electron chi connectivity index (χ1n) is 21.5. The maximum Gasteiger partial charge on any atom is 0.164 e. The monoisotopic (exact) mass is 866 g/mol. The van der Waals surface area contributed by atoms with Crippen LogP contribution in [0.3, 0.4) is 0 Å². The minimum atomic E-state index is -0.000351. The molecule has 290 valence electrons. The fourth-order valence-electron chi connectivity index (χ4n) is 9.60. The molecular weight excluding hydrogens is 846 g/mol. The standard InChI is InChI=1S/C51H18B12N4OS/c52-35-32(31-36(53)41(58)44(61)42(59)37(31)54)40(57)47-33(38(35)55)34-39(56)43(60)45(62)46(63)48(34)67(47)22-12-14-24-23-13-10-21(17-27(23)68-28(24)18-22)51-65-49(19-6-2-1-3-7-19)64-50(66-51)20-11-15-30-26(16-20)25-8-4-5-9-29(25)69-30/h1-18H. The van der Waals surface area contributed by atoms with Crippen molar-refractivity contribution >= 4 is 235 Å². The van der Waals surface area contributed by atoms with Gasteiger partial charge in [0.05, 0.1) is 0 Å². The van der Waals surface area contributed by atoms with Crippen molar-refractivity contribution in [2.45, 2.75) is 0 Å². The summed E-state index contributed by atoms with van der Waals surface area (Å²) in [6.45, 7) is 0. The summed E-state index contributed by atoms with van der Waals surface area (Å²) in [4.78, 5) is 15.1. The van der Waals surface area contributed by atoms with Gasteiger partial charge in [-0.05, 0) is 70.4 Å². The summed E-state index contributed by atoms with van der Waals surface area (Å²) in [7, 11) is 79.6. The van der Waals surface area contributed by atoms with Crippen molar-refractivity contribution in [3.63, 3.8) is 0 Å². The first-order valence-corrected chi connectivity index (χ1v) is 22.3. The van der Waals surface area contributed by atoms with Crippen LogP contribution in [0.15, 0.2) is 114 Å². The third kappa shape index (κ3) is 6.43. The SMILES string of the molecule is [B]c1c([B])c([B])c(-c2c([B])c([B])c3c4c([B])c([B])c([B])c([B])c4n(-c4ccc5c(c4)oc4cc(-c6nc(-c7ccccc7)nc(-c7ccc8sc9ccccc9c8c7)n6)ccc45)c3c2[B])c([B])c1[B]. The van der Waals surface area contributed by atoms with Gasteiger partial charge < -0.3 is 8.98 Å². The maximum absolute atomic E-state index is 7.19. The largest absolute Gasteiger partial charge is 0.456 e. The number of rotatable bonds is 5. The number of hydrogen-bond donors (Lipinski definition) is 0. The lowest BCUT2D eigenvalue weighted by Gasteiger charge is -2.26. The Bertz CT molecular complexity index is 4220. The predicted octanol–water partition coefficient (Wildman–Crippen LogP) is -0.570. The first-order chi connectivity index (χ1) is 33.2. The van der Waals surface area contributed by atoms with Gasteiger partial charge >= 0.3 is 0 Å². The maximum atomic E-state index is 7.19. The molecule has 0 saturated heterocycles. The lowest BCUT2D eigenvalue weighted by Crippen LogP contribution is -2.56. The van der Waals surface area contributed by atoms with Gasteiger partial charge in [0, 0.05) is 70.4 Å². The lowest BCUT2D eigenvalue weighted by atomic mass is 9.57. The van der Waals surface area contributed by atoms with E-state index in [1.807, 2.05) is 66.7 Å². The molecule has 0 N–H and O–H groups in total. The van der Waals surface area contributed by atoms with Crippen LogP contribution in [0, 0.1) is 0 Å². The Kier molecular flexibility index (Phi) is 10.1. The molecule has 4 heterocycles. The van der Waals surface area contributed by atoms with Crippen molar-refractivity contribution in [1.82, 2.24) is 19.5 Å². The van der Waals surface area contributed by atoms with Crippen LogP contribution in [0.4, 0.5) is 0 Å². The summed E-state index contributed by atoms with van der Waals surface area (Å²) in [5.74, 6) is 1.55. The van der Waals surface area contributed by atoms with E-state index >= 15 is 0 Å². The van der Waals surface area contributed by atoms with E-state index in [4.69, 9.17) is 114 Å². The topological polar surface area (TPSA) is 56.7 Å². The normalized spacial score (nSPS) is 11.9. The highest BCUT2D eigenvalue weighted by Crippen LogP contribution is 2.38. The van der Waals surface area contributed by atoms with Crippen LogP contribution >= 0.6 is 11.3 Å². The third-order valence-electron chi connectivity index (χ3n) is 13.1. The zero-order valence-electron chi connectivity index (χ0n) is 36.4. The molecule has 0 aliphatic heterocycles. The van der Waals surface area contributed by atoms with E-state index in [1.165, 1.54) is 14.8 Å². The molecule has 8 aromatic carbocycles. The minimum Gasteiger partial charge on any atom is -0.456 e. The van der Waals surface area contributed by atoms with Crippen LogP contribution in [0.2, 0.25) is 0 Å². The minimum absolute atomic E-state index is 0.000351. The van der Waals surface area contributed by atoms with Gasteiger partial charge in [-0.15, -0.1) is 38.7 Å². The van der Waals surface area contributed by atoms with Gasteiger partial charge in [0.25, 0.3) is 0 Å². The van der Waals surface area contributed by atoms with Gasteiger partial charge in [-0.2, -0.15) is 0 Å². The third-order valence-corrected chi connectivity index (χ3v) is 14.3. The Balaban J connectivity index is 1.06. The summed E-state index contributed by atoms with van der Waals surface area (Å²) in [6, 6.07) is 36.1.